The van der Waals surface area contributed by atoms with Gasteiger partial charge in [-0.1, -0.05) is 24.3 Å². The Bertz CT molecular complexity index is 1100. The smallest absolute Gasteiger partial charge is 0.308 e. The summed E-state index contributed by atoms with van der Waals surface area (Å²) in [6, 6.07) is 13.2. The van der Waals surface area contributed by atoms with Crippen molar-refractivity contribution in [2.45, 2.75) is 64.2 Å². The molecule has 1 heterocycles. The molecule has 1 saturated heterocycles. The number of esters is 1. The van der Waals surface area contributed by atoms with Crippen molar-refractivity contribution >= 4 is 23.5 Å². The van der Waals surface area contributed by atoms with Crippen LogP contribution in [0.2, 0.25) is 0 Å². The number of likely N-dealkylation sites (tertiary alicyclic amines) is 1. The molecule has 2 amide bonds. The van der Waals surface area contributed by atoms with Crippen LogP contribution in [0, 0.1) is 24.6 Å². The lowest BCUT2D eigenvalue weighted by atomic mass is 9.81. The number of carbonyl (C=O) groups is 3. The van der Waals surface area contributed by atoms with E-state index >= 15 is 0 Å². The summed E-state index contributed by atoms with van der Waals surface area (Å²) in [7, 11) is 1.41. The maximum atomic E-state index is 13.8. The lowest BCUT2D eigenvalue weighted by Gasteiger charge is -2.32. The number of anilines is 1. The lowest BCUT2D eigenvalue weighted by Crippen LogP contribution is -2.38. The van der Waals surface area contributed by atoms with E-state index in [-0.39, 0.29) is 35.4 Å². The summed E-state index contributed by atoms with van der Waals surface area (Å²) in [6.07, 6.45) is 5.53. The molecule has 37 heavy (non-hydrogen) atoms. The molecule has 2 fully saturated rings. The number of methoxy groups -OCH3 is 1. The largest absolute Gasteiger partial charge is 0.469 e. The molecule has 7 heteroatoms. The fraction of sp³-hybridized carbons (Fsp3) is 0.500. The van der Waals surface area contributed by atoms with Crippen molar-refractivity contribution in [3.63, 3.8) is 0 Å². The number of amides is 2. The van der Waals surface area contributed by atoms with Gasteiger partial charge in [-0.05, 0) is 92.7 Å². The van der Waals surface area contributed by atoms with E-state index in [1.54, 1.807) is 13.0 Å². The molecule has 0 unspecified atom stereocenters. The SMILES string of the molecule is COC(=O)C1CCC(C(=O)Nc2ccc(C3CCN(C(=O)CCc4ccc(C)c(F)c4)CC3)cc2)CC1. The van der Waals surface area contributed by atoms with Gasteiger partial charge in [0.05, 0.1) is 13.0 Å². The van der Waals surface area contributed by atoms with Gasteiger partial charge in [0.25, 0.3) is 0 Å². The number of carbonyl (C=O) groups excluding carboxylic acids is 3. The number of nitrogens with zero attached hydrogens (tertiary/aromatic N) is 1. The highest BCUT2D eigenvalue weighted by atomic mass is 19.1. The molecular formula is C30H37FN2O4. The third-order valence-corrected chi connectivity index (χ3v) is 7.99. The summed E-state index contributed by atoms with van der Waals surface area (Å²) in [4.78, 5) is 39.0. The van der Waals surface area contributed by atoms with Gasteiger partial charge >= 0.3 is 5.97 Å². The minimum atomic E-state index is -0.223. The van der Waals surface area contributed by atoms with Crippen LogP contribution in [0.5, 0.6) is 0 Å². The van der Waals surface area contributed by atoms with Gasteiger partial charge in [0, 0.05) is 31.1 Å². The Balaban J connectivity index is 1.20. The molecule has 0 bridgehead atoms. The molecule has 4 rings (SSSR count). The third-order valence-electron chi connectivity index (χ3n) is 7.99. The van der Waals surface area contributed by atoms with Crippen molar-refractivity contribution in [1.82, 2.24) is 4.90 Å². The van der Waals surface area contributed by atoms with Crippen LogP contribution in [0.3, 0.4) is 0 Å². The van der Waals surface area contributed by atoms with Crippen LogP contribution in [-0.2, 0) is 25.5 Å². The Morgan fingerprint density at radius 2 is 1.59 bits per heavy atom. The molecule has 0 atom stereocenters. The average Bonchev–Trinajstić information content (AvgIpc) is 2.93. The number of nitrogens with one attached hydrogen (secondary N) is 1. The number of benzene rings is 2. The Morgan fingerprint density at radius 3 is 2.22 bits per heavy atom. The Kier molecular flexibility index (Phi) is 8.95. The van der Waals surface area contributed by atoms with E-state index in [0.29, 0.717) is 50.0 Å². The van der Waals surface area contributed by atoms with E-state index in [9.17, 15) is 18.8 Å². The molecule has 0 aromatic heterocycles. The second-order valence-corrected chi connectivity index (χ2v) is 10.4. The highest BCUT2D eigenvalue weighted by molar-refractivity contribution is 5.92. The van der Waals surface area contributed by atoms with E-state index in [1.165, 1.54) is 18.7 Å². The molecule has 1 saturated carbocycles. The normalized spacial score (nSPS) is 20.4. The fourth-order valence-electron chi connectivity index (χ4n) is 5.50. The highest BCUT2D eigenvalue weighted by Crippen LogP contribution is 2.32. The third kappa shape index (κ3) is 6.96. The maximum Gasteiger partial charge on any atom is 0.308 e. The number of halogens is 1. The zero-order valence-corrected chi connectivity index (χ0v) is 21.8. The van der Waals surface area contributed by atoms with Gasteiger partial charge in [-0.25, -0.2) is 4.39 Å². The van der Waals surface area contributed by atoms with Crippen molar-refractivity contribution in [2.75, 3.05) is 25.5 Å². The van der Waals surface area contributed by atoms with Crippen molar-refractivity contribution in [1.29, 1.82) is 0 Å². The van der Waals surface area contributed by atoms with Crippen LogP contribution in [-0.4, -0.2) is 42.9 Å². The van der Waals surface area contributed by atoms with E-state index in [1.807, 2.05) is 23.1 Å². The van der Waals surface area contributed by atoms with Gasteiger partial charge < -0.3 is 15.0 Å². The molecule has 0 spiro atoms. The molecule has 0 radical (unpaired) electrons. The van der Waals surface area contributed by atoms with Crippen LogP contribution in [0.1, 0.15) is 67.6 Å². The van der Waals surface area contributed by atoms with Gasteiger partial charge in [-0.15, -0.1) is 0 Å². The summed E-state index contributed by atoms with van der Waals surface area (Å²) >= 11 is 0. The minimum absolute atomic E-state index is 0.0104. The molecule has 6 nitrogen and oxygen atoms in total. The second-order valence-electron chi connectivity index (χ2n) is 10.4. The Morgan fingerprint density at radius 1 is 0.946 bits per heavy atom. The summed E-state index contributed by atoms with van der Waals surface area (Å²) in [5, 5.41) is 3.02. The molecular weight excluding hydrogens is 471 g/mol. The van der Waals surface area contributed by atoms with E-state index < -0.39 is 0 Å². The number of rotatable bonds is 7. The highest BCUT2D eigenvalue weighted by Gasteiger charge is 2.30. The van der Waals surface area contributed by atoms with E-state index in [0.717, 1.165) is 37.2 Å². The van der Waals surface area contributed by atoms with Crippen LogP contribution >= 0.6 is 0 Å². The quantitative estimate of drug-likeness (QED) is 0.509. The summed E-state index contributed by atoms with van der Waals surface area (Å²) < 4.78 is 18.6. The Hall–Kier alpha value is -3.22. The summed E-state index contributed by atoms with van der Waals surface area (Å²) in [5.74, 6) is -0.0500. The lowest BCUT2D eigenvalue weighted by molar-refractivity contribution is -0.147. The fourth-order valence-corrected chi connectivity index (χ4v) is 5.50. The summed E-state index contributed by atoms with van der Waals surface area (Å²) in [6.45, 7) is 3.18. The van der Waals surface area contributed by atoms with Gasteiger partial charge in [-0.3, -0.25) is 14.4 Å². The molecule has 198 valence electrons. The van der Waals surface area contributed by atoms with Gasteiger partial charge in [0.1, 0.15) is 5.82 Å². The second kappa shape index (κ2) is 12.3. The van der Waals surface area contributed by atoms with E-state index in [4.69, 9.17) is 4.74 Å². The minimum Gasteiger partial charge on any atom is -0.469 e. The zero-order valence-electron chi connectivity index (χ0n) is 21.8. The molecule has 2 aliphatic rings. The number of ether oxygens (including phenoxy) is 1. The van der Waals surface area contributed by atoms with Crippen molar-refractivity contribution in [3.05, 3.63) is 65.0 Å². The molecule has 1 N–H and O–H groups in total. The van der Waals surface area contributed by atoms with Crippen molar-refractivity contribution < 1.29 is 23.5 Å². The number of hydrogen-bond acceptors (Lipinski definition) is 4. The first-order valence-electron chi connectivity index (χ1n) is 13.4. The maximum absolute atomic E-state index is 13.8. The molecule has 1 aliphatic heterocycles. The first-order valence-corrected chi connectivity index (χ1v) is 13.4. The topological polar surface area (TPSA) is 75.7 Å². The number of piperidine rings is 1. The molecule has 2 aromatic rings. The van der Waals surface area contributed by atoms with Gasteiger partial charge in [-0.2, -0.15) is 0 Å². The first kappa shape index (κ1) is 26.8. The van der Waals surface area contributed by atoms with Crippen LogP contribution in [0.15, 0.2) is 42.5 Å². The predicted octanol–water partition coefficient (Wildman–Crippen LogP) is 5.39. The standard InChI is InChI=1S/C30H37FN2O4/c1-20-3-4-21(19-27(20)31)5-14-28(34)33-17-15-23(16-18-33)22-10-12-26(13-11-22)32-29(35)24-6-8-25(9-7-24)30(36)37-2/h3-4,10-13,19,23-25H,5-9,14-18H2,1-2H3,(H,32,35). The number of aryl methyl sites for hydroxylation is 2. The first-order chi connectivity index (χ1) is 17.8. The average molecular weight is 509 g/mol. The predicted molar refractivity (Wildman–Crippen MR) is 141 cm³/mol. The van der Waals surface area contributed by atoms with Crippen molar-refractivity contribution in [2.24, 2.45) is 11.8 Å². The Labute approximate surface area is 218 Å². The van der Waals surface area contributed by atoms with Crippen LogP contribution in [0.4, 0.5) is 10.1 Å². The number of hydrogen-bond donors (Lipinski definition) is 1. The summed E-state index contributed by atoms with van der Waals surface area (Å²) in [5.41, 5.74) is 3.47. The van der Waals surface area contributed by atoms with E-state index in [2.05, 4.69) is 17.4 Å². The monoisotopic (exact) mass is 508 g/mol. The molecule has 1 aliphatic carbocycles. The van der Waals surface area contributed by atoms with Crippen LogP contribution < -0.4 is 5.32 Å². The van der Waals surface area contributed by atoms with Crippen molar-refractivity contribution in [3.8, 4) is 0 Å². The van der Waals surface area contributed by atoms with Gasteiger partial charge in [0.2, 0.25) is 11.8 Å². The van der Waals surface area contributed by atoms with Gasteiger partial charge in [0.15, 0.2) is 0 Å². The molecule has 2 aromatic carbocycles. The van der Waals surface area contributed by atoms with Crippen LogP contribution in [0.25, 0.3) is 0 Å². The zero-order chi connectivity index (χ0) is 26.4.